The van der Waals surface area contributed by atoms with Crippen molar-refractivity contribution < 1.29 is 27.5 Å². The molecule has 1 N–H and O–H groups in total. The molecule has 0 aromatic carbocycles. The van der Waals surface area contributed by atoms with Gasteiger partial charge in [0.1, 0.15) is 0 Å². The lowest BCUT2D eigenvalue weighted by Gasteiger charge is -2.32. The second-order valence-corrected chi connectivity index (χ2v) is 6.04. The summed E-state index contributed by atoms with van der Waals surface area (Å²) < 4.78 is 40.8. The van der Waals surface area contributed by atoms with Crippen molar-refractivity contribution in [2.45, 2.75) is 57.7 Å². The summed E-state index contributed by atoms with van der Waals surface area (Å²) in [6.07, 6.45) is 3.52. The van der Waals surface area contributed by atoms with Crippen molar-refractivity contribution in [1.82, 2.24) is 5.32 Å². The highest BCUT2D eigenvalue weighted by atomic mass is 19.4. The van der Waals surface area contributed by atoms with Crippen molar-refractivity contribution in [3.8, 4) is 12.3 Å². The Morgan fingerprint density at radius 2 is 1.83 bits per heavy atom. The van der Waals surface area contributed by atoms with E-state index in [1.807, 2.05) is 6.92 Å². The Morgan fingerprint density at radius 3 is 2.30 bits per heavy atom. The number of ether oxygens (including phenoxy) is 1. The van der Waals surface area contributed by atoms with Crippen molar-refractivity contribution in [1.29, 1.82) is 0 Å². The third-order valence-electron chi connectivity index (χ3n) is 4.21. The molecule has 0 saturated heterocycles. The maximum Gasteiger partial charge on any atom is 0.422 e. The number of amides is 1. The van der Waals surface area contributed by atoms with Gasteiger partial charge in [-0.3, -0.25) is 9.59 Å². The van der Waals surface area contributed by atoms with E-state index in [-0.39, 0.29) is 0 Å². The van der Waals surface area contributed by atoms with E-state index in [2.05, 4.69) is 16.0 Å². The molecule has 0 aromatic rings. The van der Waals surface area contributed by atoms with Crippen LogP contribution in [0.15, 0.2) is 0 Å². The van der Waals surface area contributed by atoms with E-state index >= 15 is 0 Å². The number of halogens is 3. The average Bonchev–Trinajstić information content (AvgIpc) is 2.51. The first-order valence-corrected chi connectivity index (χ1v) is 7.65. The van der Waals surface area contributed by atoms with Gasteiger partial charge in [-0.15, -0.1) is 6.42 Å². The molecule has 0 spiro atoms. The number of terminal acetylenes is 1. The van der Waals surface area contributed by atoms with Crippen molar-refractivity contribution in [2.24, 2.45) is 11.8 Å². The largest absolute Gasteiger partial charge is 0.456 e. The third-order valence-corrected chi connectivity index (χ3v) is 4.21. The van der Waals surface area contributed by atoms with Gasteiger partial charge in [-0.2, -0.15) is 13.2 Å². The van der Waals surface area contributed by atoms with Crippen LogP contribution in [0, 0.1) is 24.2 Å². The zero-order valence-corrected chi connectivity index (χ0v) is 13.3. The van der Waals surface area contributed by atoms with Gasteiger partial charge in [0.25, 0.3) is 0 Å². The summed E-state index contributed by atoms with van der Waals surface area (Å²) in [5.74, 6) is -0.444. The third kappa shape index (κ3) is 5.77. The average molecular weight is 333 g/mol. The second-order valence-electron chi connectivity index (χ2n) is 6.04. The highest BCUT2D eigenvalue weighted by Crippen LogP contribution is 2.32. The lowest BCUT2D eigenvalue weighted by atomic mass is 9.78. The van der Waals surface area contributed by atoms with E-state index in [9.17, 15) is 22.8 Å². The monoisotopic (exact) mass is 333 g/mol. The Bertz CT molecular complexity index is 484. The fraction of sp³-hybridized carbons (Fsp3) is 0.750. The van der Waals surface area contributed by atoms with Crippen molar-refractivity contribution in [3.05, 3.63) is 0 Å². The molecule has 0 aromatic heterocycles. The number of carbonyl (C=O) groups is 2. The zero-order chi connectivity index (χ0) is 17.7. The minimum Gasteiger partial charge on any atom is -0.456 e. The molecule has 3 atom stereocenters. The van der Waals surface area contributed by atoms with E-state index in [0.717, 1.165) is 6.42 Å². The van der Waals surface area contributed by atoms with Crippen molar-refractivity contribution >= 4 is 11.9 Å². The van der Waals surface area contributed by atoms with Crippen LogP contribution in [0.25, 0.3) is 0 Å². The molecule has 0 bridgehead atoms. The molecular formula is C16H22F3NO3. The first kappa shape index (κ1) is 19.3. The predicted octanol–water partition coefficient (Wildman–Crippen LogP) is 2.82. The molecular weight excluding hydrogens is 311 g/mol. The Balaban J connectivity index is 2.76. The SMILES string of the molecule is C#C[C@](C)(CC)NC(=O)[C@H]1CCCC[C@H]1C(=O)OCC(F)(F)F. The molecule has 7 heteroatoms. The van der Waals surface area contributed by atoms with Gasteiger partial charge in [-0.05, 0) is 26.2 Å². The molecule has 0 radical (unpaired) electrons. The summed E-state index contributed by atoms with van der Waals surface area (Å²) in [6.45, 7) is 1.87. The Hall–Kier alpha value is -1.71. The number of hydrogen-bond acceptors (Lipinski definition) is 3. The van der Waals surface area contributed by atoms with Crippen molar-refractivity contribution in [2.75, 3.05) is 6.61 Å². The van der Waals surface area contributed by atoms with Crippen LogP contribution < -0.4 is 5.32 Å². The van der Waals surface area contributed by atoms with E-state index in [1.54, 1.807) is 6.92 Å². The minimum atomic E-state index is -4.58. The maximum atomic E-state index is 12.4. The quantitative estimate of drug-likeness (QED) is 0.622. The Kier molecular flexibility index (Phi) is 6.48. The molecule has 23 heavy (non-hydrogen) atoms. The summed E-state index contributed by atoms with van der Waals surface area (Å²) in [7, 11) is 0. The number of carbonyl (C=O) groups excluding carboxylic acids is 2. The molecule has 4 nitrogen and oxygen atoms in total. The molecule has 1 rings (SSSR count). The Labute approximate surface area is 134 Å². The number of esters is 1. The van der Waals surface area contributed by atoms with E-state index in [1.165, 1.54) is 0 Å². The standard InChI is InChI=1S/C16H22F3NO3/c1-4-15(3,5-2)20-13(21)11-8-6-7-9-12(11)14(22)23-10-16(17,18)19/h1,11-12H,5-10H2,2-3H3,(H,20,21)/t11-,12+,15+/m0/s1. The van der Waals surface area contributed by atoms with Gasteiger partial charge >= 0.3 is 12.1 Å². The zero-order valence-electron chi connectivity index (χ0n) is 13.3. The summed E-state index contributed by atoms with van der Waals surface area (Å²) in [6, 6.07) is 0. The molecule has 130 valence electrons. The second kappa shape index (κ2) is 7.71. The topological polar surface area (TPSA) is 55.4 Å². The van der Waals surface area contributed by atoms with Gasteiger partial charge in [0.15, 0.2) is 6.61 Å². The fourth-order valence-corrected chi connectivity index (χ4v) is 2.58. The van der Waals surface area contributed by atoms with Gasteiger partial charge < -0.3 is 10.1 Å². The van der Waals surface area contributed by atoms with Crippen LogP contribution in [0.2, 0.25) is 0 Å². The van der Waals surface area contributed by atoms with Crippen LogP contribution >= 0.6 is 0 Å². The fourth-order valence-electron chi connectivity index (χ4n) is 2.58. The van der Waals surface area contributed by atoms with Crippen LogP contribution in [0.1, 0.15) is 46.0 Å². The normalized spacial score (nSPS) is 24.2. The Morgan fingerprint density at radius 1 is 1.26 bits per heavy atom. The summed E-state index contributed by atoms with van der Waals surface area (Å²) >= 11 is 0. The van der Waals surface area contributed by atoms with Crippen LogP contribution in [-0.2, 0) is 14.3 Å². The highest BCUT2D eigenvalue weighted by Gasteiger charge is 2.40. The molecule has 1 aliphatic rings. The molecule has 1 aliphatic carbocycles. The highest BCUT2D eigenvalue weighted by molar-refractivity contribution is 5.86. The van der Waals surface area contributed by atoms with Gasteiger partial charge in [0, 0.05) is 0 Å². The van der Waals surface area contributed by atoms with E-state index in [4.69, 9.17) is 6.42 Å². The first-order valence-electron chi connectivity index (χ1n) is 7.65. The van der Waals surface area contributed by atoms with Crippen LogP contribution in [0.5, 0.6) is 0 Å². The predicted molar refractivity (Wildman–Crippen MR) is 78.1 cm³/mol. The van der Waals surface area contributed by atoms with E-state index in [0.29, 0.717) is 25.7 Å². The van der Waals surface area contributed by atoms with Gasteiger partial charge in [0.2, 0.25) is 5.91 Å². The molecule has 1 saturated carbocycles. The minimum absolute atomic E-state index is 0.341. The van der Waals surface area contributed by atoms with Gasteiger partial charge in [-0.25, -0.2) is 0 Å². The van der Waals surface area contributed by atoms with Gasteiger partial charge in [-0.1, -0.05) is 25.7 Å². The number of hydrogen-bond donors (Lipinski definition) is 1. The van der Waals surface area contributed by atoms with E-state index < -0.39 is 42.0 Å². The van der Waals surface area contributed by atoms with Crippen molar-refractivity contribution in [3.63, 3.8) is 0 Å². The molecule has 0 heterocycles. The summed E-state index contributed by atoms with van der Waals surface area (Å²) in [5.41, 5.74) is -0.838. The summed E-state index contributed by atoms with van der Waals surface area (Å²) in [5, 5.41) is 2.71. The lowest BCUT2D eigenvalue weighted by Crippen LogP contribution is -2.50. The smallest absolute Gasteiger partial charge is 0.422 e. The van der Waals surface area contributed by atoms with Crippen LogP contribution in [0.3, 0.4) is 0 Å². The molecule has 1 amide bonds. The molecule has 0 aliphatic heterocycles. The maximum absolute atomic E-state index is 12.4. The lowest BCUT2D eigenvalue weighted by molar-refractivity contribution is -0.191. The van der Waals surface area contributed by atoms with Crippen LogP contribution in [-0.4, -0.2) is 30.2 Å². The van der Waals surface area contributed by atoms with Crippen LogP contribution in [0.4, 0.5) is 13.2 Å². The molecule has 0 unspecified atom stereocenters. The molecule has 1 fully saturated rings. The number of alkyl halides is 3. The number of rotatable bonds is 5. The summed E-state index contributed by atoms with van der Waals surface area (Å²) in [4.78, 5) is 24.3. The number of nitrogens with one attached hydrogen (secondary N) is 1. The van der Waals surface area contributed by atoms with Gasteiger partial charge in [0.05, 0.1) is 17.4 Å². The first-order chi connectivity index (χ1) is 10.6.